The first-order valence-electron chi connectivity index (χ1n) is 7.57. The molecule has 2 heterocycles. The largest absolute Gasteiger partial charge is 0.354 e. The maximum atomic E-state index is 10.9. The predicted octanol–water partition coefficient (Wildman–Crippen LogP) is 2.51. The third-order valence-corrected chi connectivity index (χ3v) is 4.10. The van der Waals surface area contributed by atoms with Crippen LogP contribution in [0.2, 0.25) is 0 Å². The molecule has 1 aromatic rings. The lowest BCUT2D eigenvalue weighted by Gasteiger charge is -2.33. The molecule has 1 N–H and O–H groups in total. The van der Waals surface area contributed by atoms with Gasteiger partial charge in [0, 0.05) is 18.2 Å². The number of pyridine rings is 1. The van der Waals surface area contributed by atoms with Crippen LogP contribution in [0.1, 0.15) is 32.3 Å². The van der Waals surface area contributed by atoms with Gasteiger partial charge in [0.2, 0.25) is 0 Å². The summed E-state index contributed by atoms with van der Waals surface area (Å²) >= 11 is 0. The van der Waals surface area contributed by atoms with Gasteiger partial charge in [0.1, 0.15) is 12.0 Å². The van der Waals surface area contributed by atoms with Gasteiger partial charge in [-0.2, -0.15) is 0 Å². The molecule has 0 bridgehead atoms. The Kier molecular flexibility index (Phi) is 5.12. The molecule has 21 heavy (non-hydrogen) atoms. The second-order valence-electron chi connectivity index (χ2n) is 6.03. The Morgan fingerprint density at radius 1 is 1.48 bits per heavy atom. The number of aryl methyl sites for hydroxylation is 1. The third-order valence-electron chi connectivity index (χ3n) is 4.10. The third kappa shape index (κ3) is 3.91. The van der Waals surface area contributed by atoms with Crippen LogP contribution in [0.25, 0.3) is 0 Å². The fourth-order valence-electron chi connectivity index (χ4n) is 2.79. The van der Waals surface area contributed by atoms with Crippen LogP contribution in [0.15, 0.2) is 12.3 Å². The van der Waals surface area contributed by atoms with Gasteiger partial charge in [0.05, 0.1) is 4.92 Å². The minimum Gasteiger partial charge on any atom is -0.354 e. The van der Waals surface area contributed by atoms with Crippen LogP contribution in [0, 0.1) is 23.0 Å². The number of aromatic nitrogens is 1. The monoisotopic (exact) mass is 292 g/mol. The Hall–Kier alpha value is -1.69. The fraction of sp³-hybridized carbons (Fsp3) is 0.667. The van der Waals surface area contributed by atoms with Gasteiger partial charge in [-0.05, 0) is 58.7 Å². The number of anilines is 1. The minimum atomic E-state index is -0.376. The molecule has 0 unspecified atom stereocenters. The molecule has 0 saturated carbocycles. The van der Waals surface area contributed by atoms with Crippen LogP contribution in [-0.2, 0) is 0 Å². The van der Waals surface area contributed by atoms with E-state index in [1.165, 1.54) is 19.0 Å². The maximum Gasteiger partial charge on any atom is 0.290 e. The van der Waals surface area contributed by atoms with E-state index < -0.39 is 0 Å². The lowest BCUT2D eigenvalue weighted by molar-refractivity contribution is -0.385. The zero-order valence-corrected chi connectivity index (χ0v) is 13.0. The summed E-state index contributed by atoms with van der Waals surface area (Å²) in [6, 6.07) is 2.16. The minimum absolute atomic E-state index is 0.0873. The van der Waals surface area contributed by atoms with E-state index >= 15 is 0 Å². The summed E-state index contributed by atoms with van der Waals surface area (Å²) in [5, 5.41) is 14.3. The fourth-order valence-corrected chi connectivity index (χ4v) is 2.79. The zero-order chi connectivity index (χ0) is 15.4. The topological polar surface area (TPSA) is 71.3 Å². The summed E-state index contributed by atoms with van der Waals surface area (Å²) in [6.07, 6.45) is 3.73. The van der Waals surface area contributed by atoms with Crippen molar-refractivity contribution < 1.29 is 4.92 Å². The van der Waals surface area contributed by atoms with Crippen molar-refractivity contribution in [2.75, 3.05) is 24.5 Å². The molecular formula is C15H24N4O2. The number of hydrogen-bond acceptors (Lipinski definition) is 5. The molecular weight excluding hydrogens is 268 g/mol. The van der Waals surface area contributed by atoms with Gasteiger partial charge in [-0.3, -0.25) is 10.1 Å². The summed E-state index contributed by atoms with van der Waals surface area (Å²) in [5.74, 6) is 1.50. The molecule has 116 valence electrons. The summed E-state index contributed by atoms with van der Waals surface area (Å²) in [4.78, 5) is 17.1. The van der Waals surface area contributed by atoms with E-state index in [4.69, 9.17) is 0 Å². The molecule has 0 atom stereocenters. The molecule has 0 aromatic carbocycles. The molecule has 1 saturated heterocycles. The van der Waals surface area contributed by atoms with Gasteiger partial charge in [-0.1, -0.05) is 0 Å². The molecule has 6 heteroatoms. The molecule has 0 spiro atoms. The van der Waals surface area contributed by atoms with E-state index in [1.807, 2.05) is 6.07 Å². The number of rotatable bonds is 5. The van der Waals surface area contributed by atoms with Crippen LogP contribution in [0.5, 0.6) is 0 Å². The normalized spacial score (nSPS) is 16.2. The first-order chi connectivity index (χ1) is 9.99. The second kappa shape index (κ2) is 6.85. The predicted molar refractivity (Wildman–Crippen MR) is 83.7 cm³/mol. The highest BCUT2D eigenvalue weighted by Gasteiger charge is 2.21. The van der Waals surface area contributed by atoms with Crippen molar-refractivity contribution in [2.24, 2.45) is 5.92 Å². The first-order valence-corrected chi connectivity index (χ1v) is 7.57. The molecule has 0 aliphatic carbocycles. The zero-order valence-electron chi connectivity index (χ0n) is 13.0. The van der Waals surface area contributed by atoms with E-state index in [0.29, 0.717) is 17.5 Å². The van der Waals surface area contributed by atoms with Gasteiger partial charge >= 0.3 is 0 Å². The van der Waals surface area contributed by atoms with Gasteiger partial charge in [0.25, 0.3) is 5.69 Å². The molecule has 2 rings (SSSR count). The van der Waals surface area contributed by atoms with Gasteiger partial charge in [0.15, 0.2) is 0 Å². The highest BCUT2D eigenvalue weighted by molar-refractivity contribution is 5.49. The smallest absolute Gasteiger partial charge is 0.290 e. The number of hydrogen-bond donors (Lipinski definition) is 1. The van der Waals surface area contributed by atoms with E-state index in [-0.39, 0.29) is 10.6 Å². The SMILES string of the molecule is Cc1cc(N(CC2CCNCC2)C(C)C)ncc1[N+](=O)[O-]. The van der Waals surface area contributed by atoms with Crippen molar-refractivity contribution >= 4 is 11.5 Å². The lowest BCUT2D eigenvalue weighted by atomic mass is 9.97. The summed E-state index contributed by atoms with van der Waals surface area (Å²) < 4.78 is 0. The standard InChI is InChI=1S/C15H24N4O2/c1-11(2)18(10-13-4-6-16-7-5-13)15-8-12(3)14(9-17-15)19(20)21/h8-9,11,13,16H,4-7,10H2,1-3H3. The van der Waals surface area contributed by atoms with Crippen molar-refractivity contribution in [3.8, 4) is 0 Å². The van der Waals surface area contributed by atoms with Crippen molar-refractivity contribution in [3.63, 3.8) is 0 Å². The van der Waals surface area contributed by atoms with Crippen LogP contribution in [0.4, 0.5) is 11.5 Å². The van der Waals surface area contributed by atoms with Crippen molar-refractivity contribution in [3.05, 3.63) is 27.9 Å². The molecule has 0 radical (unpaired) electrons. The van der Waals surface area contributed by atoms with Crippen LogP contribution < -0.4 is 10.2 Å². The molecule has 1 aromatic heterocycles. The van der Waals surface area contributed by atoms with Crippen LogP contribution in [0.3, 0.4) is 0 Å². The second-order valence-corrected chi connectivity index (χ2v) is 6.03. The lowest BCUT2D eigenvalue weighted by Crippen LogP contribution is -2.40. The average molecular weight is 292 g/mol. The quantitative estimate of drug-likeness (QED) is 0.667. The highest BCUT2D eigenvalue weighted by Crippen LogP contribution is 2.25. The summed E-state index contributed by atoms with van der Waals surface area (Å²) in [5.41, 5.74) is 0.755. The Labute approximate surface area is 125 Å². The number of nitrogens with one attached hydrogen (secondary N) is 1. The van der Waals surface area contributed by atoms with E-state index in [9.17, 15) is 10.1 Å². The van der Waals surface area contributed by atoms with Gasteiger partial charge in [-0.15, -0.1) is 0 Å². The Morgan fingerprint density at radius 2 is 2.14 bits per heavy atom. The maximum absolute atomic E-state index is 10.9. The van der Waals surface area contributed by atoms with E-state index in [1.54, 1.807) is 6.92 Å². The van der Waals surface area contributed by atoms with Gasteiger partial charge in [-0.25, -0.2) is 4.98 Å². The molecule has 1 aliphatic heterocycles. The summed E-state index contributed by atoms with van der Waals surface area (Å²) in [7, 11) is 0. The van der Waals surface area contributed by atoms with Crippen LogP contribution >= 0.6 is 0 Å². The van der Waals surface area contributed by atoms with Crippen molar-refractivity contribution in [2.45, 2.75) is 39.7 Å². The number of nitrogens with zero attached hydrogens (tertiary/aromatic N) is 3. The van der Waals surface area contributed by atoms with Crippen molar-refractivity contribution in [1.82, 2.24) is 10.3 Å². The Morgan fingerprint density at radius 3 is 2.67 bits per heavy atom. The Balaban J connectivity index is 2.17. The summed E-state index contributed by atoms with van der Waals surface area (Å²) in [6.45, 7) is 9.15. The molecule has 1 aliphatic rings. The average Bonchev–Trinajstić information content (AvgIpc) is 2.45. The first kappa shape index (κ1) is 15.7. The van der Waals surface area contributed by atoms with Crippen LogP contribution in [-0.4, -0.2) is 35.6 Å². The Bertz CT molecular complexity index is 498. The molecule has 1 fully saturated rings. The molecule has 0 amide bonds. The highest BCUT2D eigenvalue weighted by atomic mass is 16.6. The van der Waals surface area contributed by atoms with E-state index in [2.05, 4.69) is 29.0 Å². The van der Waals surface area contributed by atoms with Crippen molar-refractivity contribution in [1.29, 1.82) is 0 Å². The van der Waals surface area contributed by atoms with E-state index in [0.717, 1.165) is 25.5 Å². The number of nitro groups is 1. The number of piperidine rings is 1. The van der Waals surface area contributed by atoms with Gasteiger partial charge < -0.3 is 10.2 Å². The molecule has 6 nitrogen and oxygen atoms in total.